The van der Waals surface area contributed by atoms with E-state index in [1.807, 2.05) is 59.2 Å². The number of imidazole rings is 1. The van der Waals surface area contributed by atoms with Crippen LogP contribution in [0.25, 0.3) is 0 Å². The summed E-state index contributed by atoms with van der Waals surface area (Å²) >= 11 is 14.1. The number of ether oxygens (including phenoxy) is 2. The second-order valence-corrected chi connectivity index (χ2v) is 16.7. The number of carbonyl (C=O) groups is 2. The van der Waals surface area contributed by atoms with Crippen molar-refractivity contribution in [3.05, 3.63) is 99.1 Å². The molecule has 3 aromatic rings. The van der Waals surface area contributed by atoms with Crippen LogP contribution < -0.4 is 16.1 Å². The molecule has 0 bridgehead atoms. The van der Waals surface area contributed by atoms with Crippen LogP contribution in [0.1, 0.15) is 69.6 Å². The largest absolute Gasteiger partial charge is 0.465 e. The topological polar surface area (TPSA) is 147 Å². The molecule has 4 N–H and O–H groups in total. The first-order valence-corrected chi connectivity index (χ1v) is 20.2. The third kappa shape index (κ3) is 12.4. The third-order valence-electron chi connectivity index (χ3n) is 7.81. The molecule has 2 aromatic carbocycles. The second kappa shape index (κ2) is 19.0. The Morgan fingerprint density at radius 1 is 1.10 bits per heavy atom. The average molecular weight is 779 g/mol. The number of nitrogens with one attached hydrogen (secondary N) is 2. The van der Waals surface area contributed by atoms with E-state index in [4.69, 9.17) is 47.9 Å². The van der Waals surface area contributed by atoms with Gasteiger partial charge in [0.05, 0.1) is 18.5 Å². The van der Waals surface area contributed by atoms with E-state index in [9.17, 15) is 14.2 Å². The summed E-state index contributed by atoms with van der Waals surface area (Å²) in [6.45, 7) is 11.0. The van der Waals surface area contributed by atoms with Crippen LogP contribution in [-0.4, -0.2) is 47.0 Å². The standard InChI is InChI=1S/C36H46Cl2N5O6PS/c1-6-47-35(44)25(5)42-50(46,49-30-13-7-24(4)8-14-30)16-15-40-20-26-9-11-27(12-10-26)21-43-32(22-48-36(39)45)41-33(23(2)3)34(43)51-31-18-28(37)17-29(38)19-31/h7,9-14,17-19,23-25,40H,6,8,15-16,20-22H2,1-5H3,(H2,39,45)(H,42,46)/t24?,25-,50?/m0/s1. The Morgan fingerprint density at radius 2 is 1.78 bits per heavy atom. The summed E-state index contributed by atoms with van der Waals surface area (Å²) < 4.78 is 32.2. The van der Waals surface area contributed by atoms with Gasteiger partial charge >= 0.3 is 19.6 Å². The van der Waals surface area contributed by atoms with Gasteiger partial charge in [-0.05, 0) is 73.6 Å². The van der Waals surface area contributed by atoms with Crippen molar-refractivity contribution >= 4 is 54.5 Å². The zero-order valence-corrected chi connectivity index (χ0v) is 32.7. The van der Waals surface area contributed by atoms with Crippen LogP contribution >= 0.6 is 42.5 Å². The Morgan fingerprint density at radius 3 is 2.39 bits per heavy atom. The minimum atomic E-state index is -3.46. The molecule has 1 aromatic heterocycles. The molecule has 0 fully saturated rings. The number of primary amides is 1. The number of carbonyl (C=O) groups excluding carboxylic acids is 2. The minimum Gasteiger partial charge on any atom is -0.465 e. The van der Waals surface area contributed by atoms with Crippen LogP contribution in [0.3, 0.4) is 0 Å². The number of hydrogen-bond acceptors (Lipinski definition) is 9. The molecule has 4 rings (SSSR count). The Bertz CT molecular complexity index is 1760. The van der Waals surface area contributed by atoms with E-state index in [1.54, 1.807) is 19.9 Å². The van der Waals surface area contributed by atoms with Crippen LogP contribution in [0.2, 0.25) is 10.0 Å². The summed E-state index contributed by atoms with van der Waals surface area (Å²) in [6.07, 6.45) is 5.81. The quantitative estimate of drug-likeness (QED) is 0.0653. The fourth-order valence-corrected chi connectivity index (χ4v) is 9.01. The van der Waals surface area contributed by atoms with Gasteiger partial charge in [-0.3, -0.25) is 9.36 Å². The lowest BCUT2D eigenvalue weighted by Gasteiger charge is -2.25. The lowest BCUT2D eigenvalue weighted by atomic mass is 10.0. The molecule has 0 radical (unpaired) electrons. The number of halogens is 2. The van der Waals surface area contributed by atoms with Crippen molar-refractivity contribution < 1.29 is 28.2 Å². The zero-order chi connectivity index (χ0) is 37.1. The van der Waals surface area contributed by atoms with Crippen molar-refractivity contribution in [3.8, 4) is 0 Å². The van der Waals surface area contributed by atoms with E-state index in [1.165, 1.54) is 11.8 Å². The second-order valence-electron chi connectivity index (χ2n) is 12.5. The number of amides is 1. The smallest absolute Gasteiger partial charge is 0.404 e. The summed E-state index contributed by atoms with van der Waals surface area (Å²) in [4.78, 5) is 29.5. The van der Waals surface area contributed by atoms with Crippen LogP contribution in [0.5, 0.6) is 0 Å². The third-order valence-corrected chi connectivity index (χ3v) is 11.4. The summed E-state index contributed by atoms with van der Waals surface area (Å²) in [7, 11) is -3.46. The van der Waals surface area contributed by atoms with Gasteiger partial charge in [0.25, 0.3) is 0 Å². The Balaban J connectivity index is 1.45. The molecule has 0 saturated carbocycles. The predicted octanol–water partition coefficient (Wildman–Crippen LogP) is 8.43. The normalized spacial score (nSPS) is 16.0. The highest BCUT2D eigenvalue weighted by atomic mass is 35.5. The van der Waals surface area contributed by atoms with Crippen molar-refractivity contribution in [2.24, 2.45) is 11.7 Å². The lowest BCUT2D eigenvalue weighted by Crippen LogP contribution is -2.35. The molecule has 0 saturated heterocycles. The number of allylic oxidation sites excluding steroid dienone is 3. The number of nitrogens with zero attached hydrogens (tertiary/aromatic N) is 2. The molecule has 0 aliphatic heterocycles. The maximum absolute atomic E-state index is 13.9. The van der Waals surface area contributed by atoms with Gasteiger partial charge < -0.3 is 29.6 Å². The molecular formula is C36H46Cl2N5O6PS. The SMILES string of the molecule is CCOC(=O)[C@H](C)NP(=O)(CCNCc1ccc(Cn2c(COC(N)=O)nc(C(C)C)c2Sc2cc(Cl)cc(Cl)c2)cc1)OC1=CCC(C)C=C1. The summed E-state index contributed by atoms with van der Waals surface area (Å²) in [6, 6.07) is 12.6. The number of aromatic nitrogens is 2. The van der Waals surface area contributed by atoms with Gasteiger partial charge in [-0.2, -0.15) is 0 Å². The van der Waals surface area contributed by atoms with Gasteiger partial charge in [0.15, 0.2) is 6.61 Å². The van der Waals surface area contributed by atoms with E-state index < -0.39 is 25.6 Å². The van der Waals surface area contributed by atoms with E-state index in [-0.39, 0.29) is 25.3 Å². The van der Waals surface area contributed by atoms with Crippen molar-refractivity contribution in [3.63, 3.8) is 0 Å². The minimum absolute atomic E-state index is 0.0769. The van der Waals surface area contributed by atoms with Crippen molar-refractivity contribution in [2.75, 3.05) is 19.3 Å². The fourth-order valence-electron chi connectivity index (χ4n) is 5.20. The summed E-state index contributed by atoms with van der Waals surface area (Å²) in [5, 5.41) is 8.18. The molecule has 15 heteroatoms. The molecule has 2 unspecified atom stereocenters. The van der Waals surface area contributed by atoms with Crippen LogP contribution in [0.4, 0.5) is 4.79 Å². The monoisotopic (exact) mass is 777 g/mol. The van der Waals surface area contributed by atoms with Gasteiger partial charge in [-0.15, -0.1) is 0 Å². The number of esters is 1. The van der Waals surface area contributed by atoms with Crippen LogP contribution in [-0.2, 0) is 43.1 Å². The number of hydrogen-bond donors (Lipinski definition) is 3. The van der Waals surface area contributed by atoms with Crippen molar-refractivity contribution in [1.29, 1.82) is 0 Å². The van der Waals surface area contributed by atoms with Crippen LogP contribution in [0, 0.1) is 5.92 Å². The fraction of sp³-hybridized carbons (Fsp3) is 0.417. The molecule has 1 amide bonds. The molecular weight excluding hydrogens is 732 g/mol. The van der Waals surface area contributed by atoms with Gasteiger partial charge in [0.1, 0.15) is 22.7 Å². The van der Waals surface area contributed by atoms with Crippen LogP contribution in [0.15, 0.2) is 76.4 Å². The van der Waals surface area contributed by atoms with Gasteiger partial charge in [-0.25, -0.2) is 14.9 Å². The van der Waals surface area contributed by atoms with E-state index in [0.29, 0.717) is 47.2 Å². The number of nitrogens with two attached hydrogens (primary N) is 1. The zero-order valence-electron chi connectivity index (χ0n) is 29.5. The van der Waals surface area contributed by atoms with Gasteiger partial charge in [0, 0.05) is 34.6 Å². The van der Waals surface area contributed by atoms with Crippen molar-refractivity contribution in [1.82, 2.24) is 20.0 Å². The molecule has 11 nitrogen and oxygen atoms in total. The molecule has 1 aliphatic carbocycles. The number of benzene rings is 2. The highest BCUT2D eigenvalue weighted by molar-refractivity contribution is 7.99. The van der Waals surface area contributed by atoms with Gasteiger partial charge in [-0.1, -0.05) is 86.1 Å². The average Bonchev–Trinajstić information content (AvgIpc) is 3.40. The summed E-state index contributed by atoms with van der Waals surface area (Å²) in [5.41, 5.74) is 8.16. The molecule has 1 heterocycles. The maximum Gasteiger partial charge on any atom is 0.404 e. The Hall–Kier alpha value is -3.25. The van der Waals surface area contributed by atoms with E-state index >= 15 is 0 Å². The predicted molar refractivity (Wildman–Crippen MR) is 202 cm³/mol. The Labute approximate surface area is 314 Å². The Kier molecular flexibility index (Phi) is 15.1. The first kappa shape index (κ1) is 40.5. The molecule has 3 atom stereocenters. The first-order valence-electron chi connectivity index (χ1n) is 16.8. The highest BCUT2D eigenvalue weighted by Crippen LogP contribution is 2.46. The molecule has 51 heavy (non-hydrogen) atoms. The first-order chi connectivity index (χ1) is 24.2. The molecule has 0 spiro atoms. The van der Waals surface area contributed by atoms with E-state index in [0.717, 1.165) is 33.2 Å². The van der Waals surface area contributed by atoms with Crippen molar-refractivity contribution in [2.45, 2.75) is 82.6 Å². The molecule has 276 valence electrons. The molecule has 1 aliphatic rings. The number of rotatable bonds is 18. The highest BCUT2D eigenvalue weighted by Gasteiger charge is 2.30. The van der Waals surface area contributed by atoms with E-state index in [2.05, 4.69) is 31.2 Å². The maximum atomic E-state index is 13.9. The van der Waals surface area contributed by atoms with Gasteiger partial charge in [0.2, 0.25) is 0 Å². The summed E-state index contributed by atoms with van der Waals surface area (Å²) in [5.74, 6) is 1.05. The lowest BCUT2D eigenvalue weighted by molar-refractivity contribution is -0.144.